The largest absolute Gasteiger partial charge is 0.490 e. The van der Waals surface area contributed by atoms with Crippen molar-refractivity contribution in [2.45, 2.75) is 6.42 Å². The minimum Gasteiger partial charge on any atom is -0.490 e. The molecule has 1 rings (SSSR count). The van der Waals surface area contributed by atoms with Crippen LogP contribution >= 0.6 is 12.4 Å². The van der Waals surface area contributed by atoms with Gasteiger partial charge >= 0.3 is 0 Å². The lowest BCUT2D eigenvalue weighted by Gasteiger charge is -2.04. The molecule has 1 aromatic carbocycles. The molecular weight excluding hydrogens is 193 g/mol. The Morgan fingerprint density at radius 1 is 1.31 bits per heavy atom. The number of nitrogens with two attached hydrogens (primary N) is 1. The molecule has 0 amide bonds. The van der Waals surface area contributed by atoms with Crippen molar-refractivity contribution in [3.05, 3.63) is 30.1 Å². The van der Waals surface area contributed by atoms with Crippen LogP contribution in [-0.4, -0.2) is 13.2 Å². The van der Waals surface area contributed by atoms with E-state index in [1.165, 1.54) is 6.07 Å². The van der Waals surface area contributed by atoms with E-state index >= 15 is 0 Å². The van der Waals surface area contributed by atoms with Crippen LogP contribution in [0.25, 0.3) is 0 Å². The van der Waals surface area contributed by atoms with Crippen LogP contribution in [0.2, 0.25) is 0 Å². The predicted molar refractivity (Wildman–Crippen MR) is 52.8 cm³/mol. The molecular formula is C9H13ClFNO. The van der Waals surface area contributed by atoms with E-state index in [0.717, 1.165) is 6.42 Å². The van der Waals surface area contributed by atoms with Gasteiger partial charge in [-0.25, -0.2) is 4.39 Å². The first-order chi connectivity index (χ1) is 5.84. The number of ether oxygens (including phenoxy) is 1. The predicted octanol–water partition coefficient (Wildman–Crippen LogP) is 1.98. The van der Waals surface area contributed by atoms with Gasteiger partial charge in [-0.1, -0.05) is 12.1 Å². The number of para-hydroxylation sites is 1. The quantitative estimate of drug-likeness (QED) is 0.763. The molecule has 0 aromatic heterocycles. The fourth-order valence-corrected chi connectivity index (χ4v) is 0.827. The fraction of sp³-hybridized carbons (Fsp3) is 0.333. The van der Waals surface area contributed by atoms with Crippen LogP contribution in [0.1, 0.15) is 6.42 Å². The summed E-state index contributed by atoms with van der Waals surface area (Å²) in [5, 5.41) is 0. The molecule has 0 aliphatic carbocycles. The zero-order valence-corrected chi connectivity index (χ0v) is 8.02. The van der Waals surface area contributed by atoms with Crippen LogP contribution in [-0.2, 0) is 0 Å². The SMILES string of the molecule is Cl.NCCCOc1ccccc1F. The van der Waals surface area contributed by atoms with Crippen molar-refractivity contribution < 1.29 is 9.13 Å². The summed E-state index contributed by atoms with van der Waals surface area (Å²) < 4.78 is 18.0. The van der Waals surface area contributed by atoms with Crippen molar-refractivity contribution in [3.63, 3.8) is 0 Å². The van der Waals surface area contributed by atoms with Gasteiger partial charge in [0.05, 0.1) is 6.61 Å². The minimum atomic E-state index is -0.325. The standard InChI is InChI=1S/C9H12FNO.ClH/c10-8-4-1-2-5-9(8)12-7-3-6-11;/h1-2,4-5H,3,6-7,11H2;1H. The summed E-state index contributed by atoms with van der Waals surface area (Å²) >= 11 is 0. The molecule has 0 unspecified atom stereocenters. The summed E-state index contributed by atoms with van der Waals surface area (Å²) in [6.07, 6.45) is 0.744. The van der Waals surface area contributed by atoms with Crippen LogP contribution in [0.5, 0.6) is 5.75 Å². The molecule has 13 heavy (non-hydrogen) atoms. The highest BCUT2D eigenvalue weighted by Gasteiger charge is 1.99. The highest BCUT2D eigenvalue weighted by atomic mass is 35.5. The van der Waals surface area contributed by atoms with Crippen LogP contribution in [0, 0.1) is 5.82 Å². The first-order valence-corrected chi connectivity index (χ1v) is 3.92. The van der Waals surface area contributed by atoms with E-state index in [4.69, 9.17) is 10.5 Å². The molecule has 0 aliphatic heterocycles. The average Bonchev–Trinajstić information content (AvgIpc) is 2.09. The maximum absolute atomic E-state index is 12.9. The Bertz CT molecular complexity index is 245. The molecule has 0 aliphatic rings. The van der Waals surface area contributed by atoms with Crippen molar-refractivity contribution in [1.29, 1.82) is 0 Å². The first-order valence-electron chi connectivity index (χ1n) is 3.92. The van der Waals surface area contributed by atoms with Crippen molar-refractivity contribution in [3.8, 4) is 5.75 Å². The van der Waals surface area contributed by atoms with E-state index in [9.17, 15) is 4.39 Å². The third-order valence-electron chi connectivity index (χ3n) is 1.44. The van der Waals surface area contributed by atoms with Gasteiger partial charge in [-0.05, 0) is 25.1 Å². The van der Waals surface area contributed by atoms with Crippen LogP contribution in [0.4, 0.5) is 4.39 Å². The Balaban J connectivity index is 0.00000144. The topological polar surface area (TPSA) is 35.2 Å². The van der Waals surface area contributed by atoms with Crippen LogP contribution in [0.3, 0.4) is 0 Å². The number of rotatable bonds is 4. The molecule has 74 valence electrons. The van der Waals surface area contributed by atoms with Crippen molar-refractivity contribution >= 4 is 12.4 Å². The molecule has 2 nitrogen and oxygen atoms in total. The van der Waals surface area contributed by atoms with Gasteiger partial charge in [-0.15, -0.1) is 12.4 Å². The van der Waals surface area contributed by atoms with E-state index in [-0.39, 0.29) is 18.2 Å². The van der Waals surface area contributed by atoms with Gasteiger partial charge in [0, 0.05) is 0 Å². The second kappa shape index (κ2) is 6.69. The van der Waals surface area contributed by atoms with Gasteiger partial charge in [0.25, 0.3) is 0 Å². The Morgan fingerprint density at radius 3 is 2.62 bits per heavy atom. The number of hydrogen-bond acceptors (Lipinski definition) is 2. The Kier molecular flexibility index (Phi) is 6.28. The van der Waals surface area contributed by atoms with Gasteiger partial charge in [0.1, 0.15) is 0 Å². The molecule has 0 bridgehead atoms. The molecule has 0 spiro atoms. The molecule has 0 fully saturated rings. The molecule has 0 heterocycles. The van der Waals surface area contributed by atoms with Gasteiger partial charge in [0.15, 0.2) is 11.6 Å². The molecule has 0 saturated heterocycles. The molecule has 1 aromatic rings. The maximum atomic E-state index is 12.9. The zero-order chi connectivity index (χ0) is 8.81. The zero-order valence-electron chi connectivity index (χ0n) is 7.20. The van der Waals surface area contributed by atoms with Crippen molar-refractivity contribution in [2.75, 3.05) is 13.2 Å². The molecule has 2 N–H and O–H groups in total. The molecule has 0 atom stereocenters. The number of benzene rings is 1. The van der Waals surface area contributed by atoms with E-state index in [1.54, 1.807) is 18.2 Å². The molecule has 0 radical (unpaired) electrons. The van der Waals surface area contributed by atoms with Gasteiger partial charge < -0.3 is 10.5 Å². The third-order valence-corrected chi connectivity index (χ3v) is 1.44. The van der Waals surface area contributed by atoms with Crippen molar-refractivity contribution in [2.24, 2.45) is 5.73 Å². The highest BCUT2D eigenvalue weighted by molar-refractivity contribution is 5.85. The third kappa shape index (κ3) is 4.10. The fourth-order valence-electron chi connectivity index (χ4n) is 0.827. The van der Waals surface area contributed by atoms with Gasteiger partial charge in [0.2, 0.25) is 0 Å². The summed E-state index contributed by atoms with van der Waals surface area (Å²) in [7, 11) is 0. The van der Waals surface area contributed by atoms with Crippen LogP contribution in [0.15, 0.2) is 24.3 Å². The smallest absolute Gasteiger partial charge is 0.165 e. The second-order valence-corrected chi connectivity index (χ2v) is 2.42. The minimum absolute atomic E-state index is 0. The summed E-state index contributed by atoms with van der Waals surface area (Å²) in [6.45, 7) is 1.03. The van der Waals surface area contributed by atoms with E-state index < -0.39 is 0 Å². The lowest BCUT2D eigenvalue weighted by Crippen LogP contribution is -2.06. The number of halogens is 2. The van der Waals surface area contributed by atoms with E-state index in [0.29, 0.717) is 18.9 Å². The van der Waals surface area contributed by atoms with E-state index in [2.05, 4.69) is 0 Å². The van der Waals surface area contributed by atoms with Gasteiger partial charge in [-0.2, -0.15) is 0 Å². The summed E-state index contributed by atoms with van der Waals surface area (Å²) in [4.78, 5) is 0. The Labute approximate surface area is 83.3 Å². The van der Waals surface area contributed by atoms with Crippen LogP contribution < -0.4 is 10.5 Å². The van der Waals surface area contributed by atoms with Gasteiger partial charge in [-0.3, -0.25) is 0 Å². The molecule has 4 heteroatoms. The first kappa shape index (κ1) is 12.2. The molecule has 0 saturated carbocycles. The lowest BCUT2D eigenvalue weighted by molar-refractivity contribution is 0.298. The second-order valence-electron chi connectivity index (χ2n) is 2.42. The van der Waals surface area contributed by atoms with E-state index in [1.807, 2.05) is 0 Å². The summed E-state index contributed by atoms with van der Waals surface area (Å²) in [6, 6.07) is 6.34. The normalized spacial score (nSPS) is 9.08. The number of hydrogen-bond donors (Lipinski definition) is 1. The summed E-state index contributed by atoms with van der Waals surface area (Å²) in [5.41, 5.74) is 5.26. The average molecular weight is 206 g/mol. The highest BCUT2D eigenvalue weighted by Crippen LogP contribution is 2.14. The Hall–Kier alpha value is -0.800. The lowest BCUT2D eigenvalue weighted by atomic mass is 10.3. The Morgan fingerprint density at radius 2 is 2.00 bits per heavy atom. The monoisotopic (exact) mass is 205 g/mol. The van der Waals surface area contributed by atoms with Crippen molar-refractivity contribution in [1.82, 2.24) is 0 Å². The maximum Gasteiger partial charge on any atom is 0.165 e. The summed E-state index contributed by atoms with van der Waals surface area (Å²) in [5.74, 6) is -0.0273.